The number of esters is 1. The van der Waals surface area contributed by atoms with Gasteiger partial charge in [-0.3, -0.25) is 9.69 Å². The number of carbonyl (C=O) groups is 2. The Kier molecular flexibility index (Phi) is 11.1. The summed E-state index contributed by atoms with van der Waals surface area (Å²) in [5.74, 6) is 0.479. The van der Waals surface area contributed by atoms with Crippen LogP contribution in [0, 0.1) is 0 Å². The SMILES string of the molecule is COC(=O)COc1ccc(N2CCN(CC(=O)N3CCNCC3)CC2)cc1.Cl.Cl. The van der Waals surface area contributed by atoms with Gasteiger partial charge in [0.25, 0.3) is 0 Å². The molecule has 0 saturated carbocycles. The van der Waals surface area contributed by atoms with Crippen molar-refractivity contribution in [2.45, 2.75) is 0 Å². The Labute approximate surface area is 184 Å². The van der Waals surface area contributed by atoms with Gasteiger partial charge in [-0.1, -0.05) is 0 Å². The number of rotatable bonds is 6. The minimum atomic E-state index is -0.398. The molecule has 0 bridgehead atoms. The molecule has 8 nitrogen and oxygen atoms in total. The monoisotopic (exact) mass is 448 g/mol. The minimum absolute atomic E-state index is 0. The molecule has 2 saturated heterocycles. The zero-order chi connectivity index (χ0) is 19.1. The molecular formula is C19H30Cl2N4O4. The standard InChI is InChI=1S/C19H28N4O4.2ClH/c1-26-19(25)15-27-17-4-2-16(3-5-17)22-12-10-21(11-13-22)14-18(24)23-8-6-20-7-9-23;;/h2-5,20H,6-15H2,1H3;2*1H. The van der Waals surface area contributed by atoms with Crippen LogP contribution in [-0.4, -0.2) is 94.3 Å². The molecule has 0 radical (unpaired) electrons. The number of ether oxygens (including phenoxy) is 2. The molecule has 2 fully saturated rings. The molecule has 2 heterocycles. The number of nitrogens with one attached hydrogen (secondary N) is 1. The number of carbonyl (C=O) groups excluding carboxylic acids is 2. The molecular weight excluding hydrogens is 419 g/mol. The summed E-state index contributed by atoms with van der Waals surface area (Å²) in [5.41, 5.74) is 1.12. The Bertz CT molecular complexity index is 634. The zero-order valence-electron chi connectivity index (χ0n) is 16.7. The van der Waals surface area contributed by atoms with Gasteiger partial charge in [-0.2, -0.15) is 0 Å². The van der Waals surface area contributed by atoms with Crippen LogP contribution < -0.4 is 15.0 Å². The maximum absolute atomic E-state index is 12.4. The zero-order valence-corrected chi connectivity index (χ0v) is 18.3. The van der Waals surface area contributed by atoms with Crippen molar-refractivity contribution in [3.63, 3.8) is 0 Å². The predicted octanol–water partition coefficient (Wildman–Crippen LogP) is 0.636. The number of hydrogen-bond acceptors (Lipinski definition) is 7. The van der Waals surface area contributed by atoms with E-state index < -0.39 is 5.97 Å². The molecule has 164 valence electrons. The van der Waals surface area contributed by atoms with Crippen LogP contribution >= 0.6 is 24.8 Å². The molecule has 0 aromatic heterocycles. The van der Waals surface area contributed by atoms with Crippen LogP contribution in [0.5, 0.6) is 5.75 Å². The van der Waals surface area contributed by atoms with Crippen LogP contribution in [0.15, 0.2) is 24.3 Å². The molecule has 0 spiro atoms. The topological polar surface area (TPSA) is 74.4 Å². The van der Waals surface area contributed by atoms with Gasteiger partial charge in [0.2, 0.25) is 5.91 Å². The van der Waals surface area contributed by atoms with Gasteiger partial charge in [0.15, 0.2) is 6.61 Å². The molecule has 0 unspecified atom stereocenters. The van der Waals surface area contributed by atoms with E-state index in [1.807, 2.05) is 29.2 Å². The van der Waals surface area contributed by atoms with E-state index in [4.69, 9.17) is 4.74 Å². The molecule has 0 atom stereocenters. The van der Waals surface area contributed by atoms with E-state index in [0.29, 0.717) is 12.3 Å². The van der Waals surface area contributed by atoms with Crippen LogP contribution in [-0.2, 0) is 14.3 Å². The van der Waals surface area contributed by atoms with Crippen molar-refractivity contribution in [2.24, 2.45) is 0 Å². The van der Waals surface area contributed by atoms with Gasteiger partial charge in [-0.15, -0.1) is 24.8 Å². The summed E-state index contributed by atoms with van der Waals surface area (Å²) in [6, 6.07) is 7.71. The lowest BCUT2D eigenvalue weighted by atomic mass is 10.2. The third-order valence-electron chi connectivity index (χ3n) is 4.99. The van der Waals surface area contributed by atoms with Crippen LogP contribution in [0.4, 0.5) is 5.69 Å². The van der Waals surface area contributed by atoms with Crippen molar-refractivity contribution in [3.8, 4) is 5.75 Å². The predicted molar refractivity (Wildman–Crippen MR) is 117 cm³/mol. The van der Waals surface area contributed by atoms with Crippen molar-refractivity contribution in [1.29, 1.82) is 0 Å². The third-order valence-corrected chi connectivity index (χ3v) is 4.99. The van der Waals surface area contributed by atoms with E-state index in [9.17, 15) is 9.59 Å². The first-order valence-electron chi connectivity index (χ1n) is 9.41. The summed E-state index contributed by atoms with van der Waals surface area (Å²) in [6.45, 7) is 7.33. The van der Waals surface area contributed by atoms with Crippen LogP contribution in [0.3, 0.4) is 0 Å². The summed E-state index contributed by atoms with van der Waals surface area (Å²) in [7, 11) is 1.34. The Morgan fingerprint density at radius 2 is 1.59 bits per heavy atom. The summed E-state index contributed by atoms with van der Waals surface area (Å²) in [6.07, 6.45) is 0. The molecule has 10 heteroatoms. The number of benzene rings is 1. The van der Waals surface area contributed by atoms with Gasteiger partial charge in [0, 0.05) is 58.0 Å². The van der Waals surface area contributed by atoms with Crippen LogP contribution in [0.25, 0.3) is 0 Å². The van der Waals surface area contributed by atoms with E-state index in [-0.39, 0.29) is 37.3 Å². The minimum Gasteiger partial charge on any atom is -0.482 e. The van der Waals surface area contributed by atoms with E-state index >= 15 is 0 Å². The lowest BCUT2D eigenvalue weighted by Gasteiger charge is -2.37. The maximum atomic E-state index is 12.4. The molecule has 29 heavy (non-hydrogen) atoms. The average molecular weight is 449 g/mol. The van der Waals surface area contributed by atoms with Gasteiger partial charge >= 0.3 is 5.97 Å². The molecule has 2 aliphatic heterocycles. The fourth-order valence-corrected chi connectivity index (χ4v) is 3.32. The number of halogens is 2. The van der Waals surface area contributed by atoms with E-state index in [2.05, 4.69) is 19.9 Å². The number of hydrogen-bond donors (Lipinski definition) is 1. The summed E-state index contributed by atoms with van der Waals surface area (Å²) in [5, 5.41) is 3.27. The fourth-order valence-electron chi connectivity index (χ4n) is 3.32. The highest BCUT2D eigenvalue weighted by molar-refractivity contribution is 5.85. The van der Waals surface area contributed by atoms with E-state index in [1.165, 1.54) is 7.11 Å². The molecule has 1 aromatic rings. The molecule has 1 amide bonds. The molecule has 3 rings (SSSR count). The largest absolute Gasteiger partial charge is 0.482 e. The van der Waals surface area contributed by atoms with Gasteiger partial charge in [-0.05, 0) is 24.3 Å². The summed E-state index contributed by atoms with van der Waals surface area (Å²) >= 11 is 0. The normalized spacial score (nSPS) is 17.0. The first-order chi connectivity index (χ1) is 13.2. The third kappa shape index (κ3) is 7.54. The quantitative estimate of drug-likeness (QED) is 0.639. The molecule has 1 N–H and O–H groups in total. The molecule has 1 aromatic carbocycles. The Morgan fingerprint density at radius 1 is 0.966 bits per heavy atom. The Morgan fingerprint density at radius 3 is 2.17 bits per heavy atom. The van der Waals surface area contributed by atoms with E-state index in [0.717, 1.165) is 58.0 Å². The van der Waals surface area contributed by atoms with Gasteiger partial charge in [0.1, 0.15) is 5.75 Å². The van der Waals surface area contributed by atoms with Crippen molar-refractivity contribution >= 4 is 42.4 Å². The highest BCUT2D eigenvalue weighted by Gasteiger charge is 2.22. The summed E-state index contributed by atoms with van der Waals surface area (Å²) in [4.78, 5) is 30.0. The molecule has 2 aliphatic rings. The number of nitrogens with zero attached hydrogens (tertiary/aromatic N) is 3. The highest BCUT2D eigenvalue weighted by Crippen LogP contribution is 2.21. The Hall–Kier alpha value is -1.74. The van der Waals surface area contributed by atoms with Crippen molar-refractivity contribution < 1.29 is 19.1 Å². The van der Waals surface area contributed by atoms with Gasteiger partial charge in [-0.25, -0.2) is 4.79 Å². The van der Waals surface area contributed by atoms with Crippen LogP contribution in [0.1, 0.15) is 0 Å². The highest BCUT2D eigenvalue weighted by atomic mass is 35.5. The number of piperazine rings is 2. The Balaban J connectivity index is 0.00000210. The van der Waals surface area contributed by atoms with E-state index in [1.54, 1.807) is 0 Å². The smallest absolute Gasteiger partial charge is 0.343 e. The maximum Gasteiger partial charge on any atom is 0.343 e. The number of amides is 1. The second-order valence-corrected chi connectivity index (χ2v) is 6.75. The van der Waals surface area contributed by atoms with Crippen LogP contribution in [0.2, 0.25) is 0 Å². The first kappa shape index (κ1) is 25.3. The first-order valence-corrected chi connectivity index (χ1v) is 9.41. The second kappa shape index (κ2) is 12.7. The van der Waals surface area contributed by atoms with Gasteiger partial charge < -0.3 is 24.6 Å². The second-order valence-electron chi connectivity index (χ2n) is 6.75. The fraction of sp³-hybridized carbons (Fsp3) is 0.579. The van der Waals surface area contributed by atoms with Gasteiger partial charge in [0.05, 0.1) is 13.7 Å². The van der Waals surface area contributed by atoms with Crippen molar-refractivity contribution in [1.82, 2.24) is 15.1 Å². The summed E-state index contributed by atoms with van der Waals surface area (Å²) < 4.78 is 9.93. The molecule has 0 aliphatic carbocycles. The number of methoxy groups -OCH3 is 1. The lowest BCUT2D eigenvalue weighted by molar-refractivity contribution is -0.143. The average Bonchev–Trinajstić information content (AvgIpc) is 2.73. The lowest BCUT2D eigenvalue weighted by Crippen LogP contribution is -2.53. The number of anilines is 1. The van der Waals surface area contributed by atoms with Crippen molar-refractivity contribution in [3.05, 3.63) is 24.3 Å². The van der Waals surface area contributed by atoms with Crippen molar-refractivity contribution in [2.75, 3.05) is 77.5 Å².